The Morgan fingerprint density at radius 1 is 1.15 bits per heavy atom. The fourth-order valence-corrected chi connectivity index (χ4v) is 5.35. The minimum atomic E-state index is -3.23. The predicted molar refractivity (Wildman–Crippen MR) is 102 cm³/mol. The second kappa shape index (κ2) is 8.14. The van der Waals surface area contributed by atoms with Gasteiger partial charge < -0.3 is 14.4 Å². The van der Waals surface area contributed by atoms with Crippen LogP contribution in [0.2, 0.25) is 0 Å². The van der Waals surface area contributed by atoms with Crippen molar-refractivity contribution in [2.45, 2.75) is 51.6 Å². The van der Waals surface area contributed by atoms with Crippen LogP contribution in [0.4, 0.5) is 4.79 Å². The third-order valence-corrected chi connectivity index (χ3v) is 7.31. The molecule has 2 aliphatic rings. The average Bonchev–Trinajstić information content (AvgIpc) is 3.09. The summed E-state index contributed by atoms with van der Waals surface area (Å²) in [4.78, 5) is 15.6. The Balaban J connectivity index is 1.65. The van der Waals surface area contributed by atoms with Crippen molar-refractivity contribution in [1.82, 2.24) is 28.9 Å². The number of rotatable bonds is 5. The first kappa shape index (κ1) is 20.1. The summed E-state index contributed by atoms with van der Waals surface area (Å²) in [6.45, 7) is 4.79. The van der Waals surface area contributed by atoms with E-state index >= 15 is 0 Å². The fourth-order valence-electron chi connectivity index (χ4n) is 3.77. The highest BCUT2D eigenvalue weighted by molar-refractivity contribution is 7.89. The number of hydrogen-bond donors (Lipinski definition) is 0. The third-order valence-electron chi connectivity index (χ3n) is 5.41. The number of fused-ring (bicyclic) bond motifs is 1. The number of hydrogen-bond acceptors (Lipinski definition) is 5. The summed E-state index contributed by atoms with van der Waals surface area (Å²) >= 11 is 0. The number of unbranched alkanes of at least 4 members (excludes halogenated alkanes) is 1. The highest BCUT2D eigenvalue weighted by atomic mass is 32.2. The van der Waals surface area contributed by atoms with E-state index in [4.69, 9.17) is 0 Å². The van der Waals surface area contributed by atoms with E-state index in [1.807, 2.05) is 11.8 Å². The zero-order valence-corrected chi connectivity index (χ0v) is 17.3. The summed E-state index contributed by atoms with van der Waals surface area (Å²) in [6.07, 6.45) is 3.26. The topological polar surface area (TPSA) is 91.6 Å². The highest BCUT2D eigenvalue weighted by Gasteiger charge is 2.32. The SMILES string of the molecule is CCCCS(=O)(=O)N1CCn2c(nnc2C2CCN(C(=O)N(C)C)CC2)C1. The van der Waals surface area contributed by atoms with Gasteiger partial charge >= 0.3 is 6.03 Å². The van der Waals surface area contributed by atoms with Crippen molar-refractivity contribution in [3.8, 4) is 0 Å². The lowest BCUT2D eigenvalue weighted by Gasteiger charge is -2.34. The standard InChI is InChI=1S/C17H30N6O3S/c1-4-5-12-27(25,26)22-10-11-23-15(13-22)18-19-16(23)14-6-8-21(9-7-14)17(24)20(2)3/h14H,4-13H2,1-3H3. The lowest BCUT2D eigenvalue weighted by atomic mass is 9.96. The number of nitrogens with zero attached hydrogens (tertiary/aromatic N) is 6. The Kier molecular flexibility index (Phi) is 6.05. The molecule has 0 aromatic carbocycles. The van der Waals surface area contributed by atoms with Crippen LogP contribution in [0.3, 0.4) is 0 Å². The number of carbonyl (C=O) groups is 1. The van der Waals surface area contributed by atoms with E-state index in [1.54, 1.807) is 19.0 Å². The first-order valence-electron chi connectivity index (χ1n) is 9.69. The molecule has 2 amide bonds. The molecular weight excluding hydrogens is 368 g/mol. The molecule has 0 aliphatic carbocycles. The van der Waals surface area contributed by atoms with Gasteiger partial charge in [0.2, 0.25) is 10.0 Å². The van der Waals surface area contributed by atoms with Gasteiger partial charge in [-0.15, -0.1) is 10.2 Å². The molecule has 3 rings (SSSR count). The van der Waals surface area contributed by atoms with Crippen molar-refractivity contribution in [2.24, 2.45) is 0 Å². The average molecular weight is 399 g/mol. The minimum absolute atomic E-state index is 0.0460. The van der Waals surface area contributed by atoms with Crippen LogP contribution in [0.5, 0.6) is 0 Å². The number of sulfonamides is 1. The van der Waals surface area contributed by atoms with Gasteiger partial charge in [0.1, 0.15) is 11.6 Å². The number of aromatic nitrogens is 3. The molecule has 2 aliphatic heterocycles. The van der Waals surface area contributed by atoms with Crippen LogP contribution < -0.4 is 0 Å². The lowest BCUT2D eigenvalue weighted by molar-refractivity contribution is 0.155. The van der Waals surface area contributed by atoms with E-state index in [0.717, 1.165) is 30.9 Å². The zero-order chi connectivity index (χ0) is 19.6. The van der Waals surface area contributed by atoms with Crippen molar-refractivity contribution >= 4 is 16.1 Å². The van der Waals surface area contributed by atoms with E-state index in [2.05, 4.69) is 14.8 Å². The molecule has 0 spiro atoms. The van der Waals surface area contributed by atoms with Crippen LogP contribution >= 0.6 is 0 Å². The number of carbonyl (C=O) groups excluding carboxylic acids is 1. The smallest absolute Gasteiger partial charge is 0.319 e. The molecule has 1 fully saturated rings. The molecule has 0 bridgehead atoms. The molecule has 0 atom stereocenters. The maximum Gasteiger partial charge on any atom is 0.319 e. The first-order valence-corrected chi connectivity index (χ1v) is 11.3. The molecule has 10 heteroatoms. The largest absolute Gasteiger partial charge is 0.331 e. The zero-order valence-electron chi connectivity index (χ0n) is 16.5. The normalized spacial score (nSPS) is 19.1. The first-order chi connectivity index (χ1) is 12.8. The minimum Gasteiger partial charge on any atom is -0.331 e. The van der Waals surface area contributed by atoms with Crippen LogP contribution in [0.1, 0.15) is 50.2 Å². The van der Waals surface area contributed by atoms with Gasteiger partial charge in [-0.25, -0.2) is 13.2 Å². The van der Waals surface area contributed by atoms with Crippen molar-refractivity contribution in [3.63, 3.8) is 0 Å². The number of urea groups is 1. The van der Waals surface area contributed by atoms with Gasteiger partial charge in [0, 0.05) is 46.2 Å². The Labute approximate surface area is 161 Å². The summed E-state index contributed by atoms with van der Waals surface area (Å²) < 4.78 is 28.5. The van der Waals surface area contributed by atoms with E-state index in [1.165, 1.54) is 4.31 Å². The number of likely N-dealkylation sites (tertiary alicyclic amines) is 1. The summed E-state index contributed by atoms with van der Waals surface area (Å²) in [5, 5.41) is 8.66. The molecule has 0 unspecified atom stereocenters. The van der Waals surface area contributed by atoms with Gasteiger partial charge in [0.15, 0.2) is 0 Å². The second-order valence-corrected chi connectivity index (χ2v) is 9.66. The van der Waals surface area contributed by atoms with E-state index in [9.17, 15) is 13.2 Å². The van der Waals surface area contributed by atoms with Crippen LogP contribution in [0.15, 0.2) is 0 Å². The molecule has 0 N–H and O–H groups in total. The molecule has 0 saturated carbocycles. The monoisotopic (exact) mass is 398 g/mol. The van der Waals surface area contributed by atoms with Gasteiger partial charge in [-0.3, -0.25) is 0 Å². The fraction of sp³-hybridized carbons (Fsp3) is 0.824. The Morgan fingerprint density at radius 3 is 2.48 bits per heavy atom. The number of amides is 2. The van der Waals surface area contributed by atoms with Crippen LogP contribution in [0.25, 0.3) is 0 Å². The quantitative estimate of drug-likeness (QED) is 0.740. The van der Waals surface area contributed by atoms with E-state index in [-0.39, 0.29) is 17.7 Å². The van der Waals surface area contributed by atoms with Gasteiger partial charge in [0.05, 0.1) is 12.3 Å². The highest BCUT2D eigenvalue weighted by Crippen LogP contribution is 2.29. The maximum absolute atomic E-state index is 12.4. The third kappa shape index (κ3) is 4.26. The van der Waals surface area contributed by atoms with Crippen LogP contribution in [0, 0.1) is 0 Å². The summed E-state index contributed by atoms with van der Waals surface area (Å²) in [5.74, 6) is 2.12. The lowest BCUT2D eigenvalue weighted by Crippen LogP contribution is -2.44. The molecule has 1 aromatic rings. The van der Waals surface area contributed by atoms with Gasteiger partial charge in [0.25, 0.3) is 0 Å². The molecule has 3 heterocycles. The van der Waals surface area contributed by atoms with Gasteiger partial charge in [-0.05, 0) is 19.3 Å². The van der Waals surface area contributed by atoms with Gasteiger partial charge in [-0.2, -0.15) is 4.31 Å². The summed E-state index contributed by atoms with van der Waals surface area (Å²) in [7, 11) is 0.310. The van der Waals surface area contributed by atoms with Crippen molar-refractivity contribution < 1.29 is 13.2 Å². The maximum atomic E-state index is 12.4. The van der Waals surface area contributed by atoms with Crippen molar-refractivity contribution in [1.29, 1.82) is 0 Å². The summed E-state index contributed by atoms with van der Waals surface area (Å²) in [5.41, 5.74) is 0. The van der Waals surface area contributed by atoms with Crippen LogP contribution in [-0.2, 0) is 23.1 Å². The molecular formula is C17H30N6O3S. The van der Waals surface area contributed by atoms with E-state index in [0.29, 0.717) is 39.1 Å². The molecule has 27 heavy (non-hydrogen) atoms. The van der Waals surface area contributed by atoms with Crippen LogP contribution in [-0.4, -0.2) is 82.8 Å². The molecule has 9 nitrogen and oxygen atoms in total. The Morgan fingerprint density at radius 2 is 1.85 bits per heavy atom. The summed E-state index contributed by atoms with van der Waals surface area (Å²) in [6, 6.07) is 0.0460. The molecule has 0 radical (unpaired) electrons. The second-order valence-electron chi connectivity index (χ2n) is 7.57. The molecule has 152 valence electrons. The number of piperidine rings is 1. The van der Waals surface area contributed by atoms with Crippen molar-refractivity contribution in [3.05, 3.63) is 11.6 Å². The van der Waals surface area contributed by atoms with E-state index < -0.39 is 10.0 Å². The van der Waals surface area contributed by atoms with Crippen molar-refractivity contribution in [2.75, 3.05) is 39.5 Å². The Hall–Kier alpha value is -1.68. The van der Waals surface area contributed by atoms with Gasteiger partial charge in [-0.1, -0.05) is 13.3 Å². The predicted octanol–water partition coefficient (Wildman–Crippen LogP) is 1.08. The molecule has 1 aromatic heterocycles. The Bertz CT molecular complexity index is 768. The molecule has 1 saturated heterocycles.